The van der Waals surface area contributed by atoms with E-state index in [1.165, 1.54) is 51.4 Å². The van der Waals surface area contributed by atoms with Gasteiger partial charge in [0.2, 0.25) is 0 Å². The summed E-state index contributed by atoms with van der Waals surface area (Å²) in [6, 6.07) is 0. The largest absolute Gasteiger partial charge is 0.0885 e. The lowest BCUT2D eigenvalue weighted by Crippen LogP contribution is -1.99. The Hall–Kier alpha value is -0.260. The molecule has 0 saturated heterocycles. The maximum absolute atomic E-state index is 2.41. The van der Waals surface area contributed by atoms with Crippen molar-refractivity contribution in [1.82, 2.24) is 0 Å². The van der Waals surface area contributed by atoms with Gasteiger partial charge in [0.15, 0.2) is 0 Å². The first kappa shape index (κ1) is 10.8. The van der Waals surface area contributed by atoms with Crippen LogP contribution in [0.4, 0.5) is 0 Å². The fourth-order valence-corrected chi connectivity index (χ4v) is 2.05. The molecule has 1 aliphatic carbocycles. The smallest absolute Gasteiger partial charge is 0.0351 e. The van der Waals surface area contributed by atoms with Crippen molar-refractivity contribution < 1.29 is 0 Å². The van der Waals surface area contributed by atoms with Crippen LogP contribution >= 0.6 is 0 Å². The van der Waals surface area contributed by atoms with E-state index >= 15 is 0 Å². The molecule has 1 radical (unpaired) electrons. The highest BCUT2D eigenvalue weighted by Gasteiger charge is 2.05. The van der Waals surface area contributed by atoms with Crippen LogP contribution in [0.5, 0.6) is 0 Å². The van der Waals surface area contributed by atoms with E-state index in [4.69, 9.17) is 0 Å². The van der Waals surface area contributed by atoms with Crippen molar-refractivity contribution in [3.63, 3.8) is 0 Å². The zero-order chi connectivity index (χ0) is 9.36. The van der Waals surface area contributed by atoms with Gasteiger partial charge >= 0.3 is 0 Å². The van der Waals surface area contributed by atoms with Gasteiger partial charge in [0, 0.05) is 0 Å². The van der Waals surface area contributed by atoms with E-state index in [0.717, 1.165) is 5.92 Å². The maximum atomic E-state index is 2.41. The molecule has 75 valence electrons. The van der Waals surface area contributed by atoms with E-state index in [9.17, 15) is 0 Å². The van der Waals surface area contributed by atoms with Crippen LogP contribution in [-0.2, 0) is 0 Å². The Morgan fingerprint density at radius 1 is 0.923 bits per heavy atom. The molecule has 0 heteroatoms. The standard InChI is InChI=1S/C13H23/c1-2-13-11-9-7-5-3-4-6-8-10-12-13/h2-4,13H,5-12H2,1H3/b4-3-. The molecule has 0 atom stereocenters. The summed E-state index contributed by atoms with van der Waals surface area (Å²) in [5.41, 5.74) is 0. The lowest BCUT2D eigenvalue weighted by Gasteiger charge is -2.13. The number of hydrogen-bond acceptors (Lipinski definition) is 0. The van der Waals surface area contributed by atoms with Crippen LogP contribution < -0.4 is 0 Å². The highest BCUT2D eigenvalue weighted by Crippen LogP contribution is 2.20. The molecule has 0 aromatic carbocycles. The average Bonchev–Trinajstić information content (AvgIpc) is 2.22. The van der Waals surface area contributed by atoms with Crippen molar-refractivity contribution in [2.24, 2.45) is 5.92 Å². The van der Waals surface area contributed by atoms with Crippen LogP contribution in [0.1, 0.15) is 58.3 Å². The van der Waals surface area contributed by atoms with Gasteiger partial charge in [-0.3, -0.25) is 0 Å². The molecular weight excluding hydrogens is 156 g/mol. The number of allylic oxidation sites excluding steroid dienone is 2. The molecule has 0 nitrogen and oxygen atoms in total. The lowest BCUT2D eigenvalue weighted by molar-refractivity contribution is 0.465. The van der Waals surface area contributed by atoms with Crippen molar-refractivity contribution in [3.8, 4) is 0 Å². The van der Waals surface area contributed by atoms with Gasteiger partial charge in [-0.1, -0.05) is 44.8 Å². The summed E-state index contributed by atoms with van der Waals surface area (Å²) >= 11 is 0. The Labute approximate surface area is 83.4 Å². The third kappa shape index (κ3) is 5.13. The van der Waals surface area contributed by atoms with E-state index < -0.39 is 0 Å². The van der Waals surface area contributed by atoms with Crippen molar-refractivity contribution >= 4 is 0 Å². The van der Waals surface area contributed by atoms with Gasteiger partial charge in [-0.05, 0) is 38.0 Å². The third-order valence-corrected chi connectivity index (χ3v) is 3.03. The van der Waals surface area contributed by atoms with Gasteiger partial charge in [-0.15, -0.1) is 0 Å². The van der Waals surface area contributed by atoms with Crippen LogP contribution in [0, 0.1) is 12.3 Å². The average molecular weight is 179 g/mol. The molecule has 0 unspecified atom stereocenters. The molecular formula is C13H23. The second-order valence-corrected chi connectivity index (χ2v) is 4.13. The fourth-order valence-electron chi connectivity index (χ4n) is 2.05. The summed E-state index contributed by atoms with van der Waals surface area (Å²) < 4.78 is 0. The number of hydrogen-bond donors (Lipinski definition) is 0. The Kier molecular flexibility index (Phi) is 5.97. The Bertz CT molecular complexity index is 121. The minimum Gasteiger partial charge on any atom is -0.0885 e. The molecule has 0 N–H and O–H groups in total. The van der Waals surface area contributed by atoms with E-state index in [0.29, 0.717) is 0 Å². The minimum atomic E-state index is 0.901. The van der Waals surface area contributed by atoms with Crippen LogP contribution in [0.3, 0.4) is 0 Å². The number of rotatable bonds is 1. The van der Waals surface area contributed by atoms with Gasteiger partial charge in [0.05, 0.1) is 0 Å². The molecule has 0 fully saturated rings. The van der Waals surface area contributed by atoms with Gasteiger partial charge in [-0.2, -0.15) is 0 Å². The summed E-state index contributed by atoms with van der Waals surface area (Å²) in [4.78, 5) is 0. The van der Waals surface area contributed by atoms with Crippen molar-refractivity contribution in [2.45, 2.75) is 58.3 Å². The van der Waals surface area contributed by atoms with Crippen LogP contribution in [-0.4, -0.2) is 0 Å². The molecule has 1 rings (SSSR count). The van der Waals surface area contributed by atoms with Crippen molar-refractivity contribution in [1.29, 1.82) is 0 Å². The van der Waals surface area contributed by atoms with E-state index in [1.54, 1.807) is 0 Å². The van der Waals surface area contributed by atoms with Gasteiger partial charge < -0.3 is 0 Å². The first-order chi connectivity index (χ1) is 6.43. The zero-order valence-electron chi connectivity index (χ0n) is 8.97. The van der Waals surface area contributed by atoms with Crippen LogP contribution in [0.2, 0.25) is 0 Å². The molecule has 1 aliphatic rings. The minimum absolute atomic E-state index is 0.901. The SMILES string of the molecule is C[CH]C1CCCC/C=C\CCCC1. The summed E-state index contributed by atoms with van der Waals surface area (Å²) in [6.45, 7) is 2.22. The Morgan fingerprint density at radius 3 is 1.92 bits per heavy atom. The van der Waals surface area contributed by atoms with E-state index in [1.807, 2.05) is 0 Å². The molecule has 0 aromatic rings. The fraction of sp³-hybridized carbons (Fsp3) is 0.769. The van der Waals surface area contributed by atoms with E-state index in [2.05, 4.69) is 25.5 Å². The molecule has 0 heterocycles. The Balaban J connectivity index is 2.25. The van der Waals surface area contributed by atoms with Gasteiger partial charge in [-0.25, -0.2) is 0 Å². The van der Waals surface area contributed by atoms with Gasteiger partial charge in [0.25, 0.3) is 0 Å². The van der Waals surface area contributed by atoms with Crippen LogP contribution in [0.15, 0.2) is 12.2 Å². The molecule has 13 heavy (non-hydrogen) atoms. The first-order valence-corrected chi connectivity index (χ1v) is 5.88. The monoisotopic (exact) mass is 179 g/mol. The summed E-state index contributed by atoms with van der Waals surface area (Å²) in [7, 11) is 0. The second kappa shape index (κ2) is 7.17. The summed E-state index contributed by atoms with van der Waals surface area (Å²) in [6.07, 6.45) is 18.2. The molecule has 0 aromatic heterocycles. The van der Waals surface area contributed by atoms with E-state index in [-0.39, 0.29) is 0 Å². The molecule has 0 spiro atoms. The molecule has 0 saturated carbocycles. The maximum Gasteiger partial charge on any atom is -0.0351 e. The van der Waals surface area contributed by atoms with Gasteiger partial charge in [0.1, 0.15) is 0 Å². The summed E-state index contributed by atoms with van der Waals surface area (Å²) in [5, 5.41) is 0. The molecule has 0 amide bonds. The Morgan fingerprint density at radius 2 is 1.46 bits per heavy atom. The summed E-state index contributed by atoms with van der Waals surface area (Å²) in [5.74, 6) is 0.901. The highest BCUT2D eigenvalue weighted by atomic mass is 14.1. The predicted octanol–water partition coefficient (Wildman–Crippen LogP) is 4.52. The lowest BCUT2D eigenvalue weighted by atomic mass is 9.93. The normalized spacial score (nSPS) is 25.0. The second-order valence-electron chi connectivity index (χ2n) is 4.13. The predicted molar refractivity (Wildman–Crippen MR) is 59.5 cm³/mol. The third-order valence-electron chi connectivity index (χ3n) is 3.03. The van der Waals surface area contributed by atoms with Crippen molar-refractivity contribution in [2.75, 3.05) is 0 Å². The van der Waals surface area contributed by atoms with Crippen LogP contribution in [0.25, 0.3) is 0 Å². The quantitative estimate of drug-likeness (QED) is 0.519. The highest BCUT2D eigenvalue weighted by molar-refractivity contribution is 4.83. The van der Waals surface area contributed by atoms with Crippen molar-refractivity contribution in [3.05, 3.63) is 18.6 Å². The zero-order valence-corrected chi connectivity index (χ0v) is 8.97. The molecule has 0 bridgehead atoms. The molecule has 0 aliphatic heterocycles. The topological polar surface area (TPSA) is 0 Å². The first-order valence-electron chi connectivity index (χ1n) is 5.88.